The summed E-state index contributed by atoms with van der Waals surface area (Å²) >= 11 is 7.21. The zero-order chi connectivity index (χ0) is 19.5. The van der Waals surface area contributed by atoms with E-state index >= 15 is 0 Å². The molecule has 0 radical (unpaired) electrons. The zero-order valence-corrected chi connectivity index (χ0v) is 15.9. The number of hydrogen-bond donors (Lipinski definition) is 1. The van der Waals surface area contributed by atoms with Crippen LogP contribution in [0.3, 0.4) is 0 Å². The summed E-state index contributed by atoms with van der Waals surface area (Å²) in [6, 6.07) is 13.8. The molecule has 2 aromatic carbocycles. The number of nitrogens with one attached hydrogen (secondary N) is 1. The van der Waals surface area contributed by atoms with Crippen LogP contribution >= 0.6 is 22.9 Å². The number of fused-ring (bicyclic) bond motifs is 1. The van der Waals surface area contributed by atoms with E-state index in [-0.39, 0.29) is 11.6 Å². The van der Waals surface area contributed by atoms with Gasteiger partial charge in [0.2, 0.25) is 5.88 Å². The molecule has 140 valence electrons. The number of benzene rings is 2. The molecule has 0 atom stereocenters. The Kier molecular flexibility index (Phi) is 5.18. The zero-order valence-electron chi connectivity index (χ0n) is 14.4. The van der Waals surface area contributed by atoms with Crippen molar-refractivity contribution in [1.82, 2.24) is 9.97 Å². The van der Waals surface area contributed by atoms with Crippen molar-refractivity contribution in [2.45, 2.75) is 0 Å². The van der Waals surface area contributed by atoms with Gasteiger partial charge in [-0.2, -0.15) is 0 Å². The van der Waals surface area contributed by atoms with Crippen molar-refractivity contribution in [3.8, 4) is 17.0 Å². The minimum Gasteiger partial charge on any atom is -0.467 e. The molecule has 2 heterocycles. The summed E-state index contributed by atoms with van der Waals surface area (Å²) in [6.45, 7) is -0.259. The molecule has 4 rings (SSSR count). The van der Waals surface area contributed by atoms with Crippen LogP contribution in [0.4, 0.5) is 10.1 Å². The fourth-order valence-electron chi connectivity index (χ4n) is 2.69. The Bertz CT molecular complexity index is 1150. The molecule has 4 aromatic rings. The van der Waals surface area contributed by atoms with Crippen LogP contribution in [0.1, 0.15) is 0 Å². The van der Waals surface area contributed by atoms with Crippen LogP contribution in [-0.2, 0) is 4.79 Å². The number of nitrogens with zero attached hydrogens (tertiary/aromatic N) is 2. The number of amides is 1. The van der Waals surface area contributed by atoms with Crippen LogP contribution in [0.2, 0.25) is 5.02 Å². The summed E-state index contributed by atoms with van der Waals surface area (Å²) < 4.78 is 18.9. The Morgan fingerprint density at radius 3 is 2.79 bits per heavy atom. The van der Waals surface area contributed by atoms with E-state index in [1.54, 1.807) is 0 Å². The second-order valence-electron chi connectivity index (χ2n) is 5.84. The number of rotatable bonds is 5. The smallest absolute Gasteiger partial charge is 0.262 e. The highest BCUT2D eigenvalue weighted by atomic mass is 35.5. The summed E-state index contributed by atoms with van der Waals surface area (Å²) in [6.07, 6.45) is 1.40. The standard InChI is InChI=1S/C20H13ClFN3O2S/c21-15-8-13(6-7-16(15)22)25-17(26)9-27-19-18-14(12-4-2-1-3-5-12)10-28-20(18)24-11-23-19/h1-8,10-11H,9H2,(H,25,26). The van der Waals surface area contributed by atoms with Gasteiger partial charge in [-0.05, 0) is 23.8 Å². The molecule has 0 fully saturated rings. The maximum Gasteiger partial charge on any atom is 0.262 e. The van der Waals surface area contributed by atoms with Crippen molar-refractivity contribution < 1.29 is 13.9 Å². The number of aromatic nitrogens is 2. The van der Waals surface area contributed by atoms with Crippen molar-refractivity contribution in [1.29, 1.82) is 0 Å². The van der Waals surface area contributed by atoms with Crippen molar-refractivity contribution in [2.24, 2.45) is 0 Å². The third-order valence-electron chi connectivity index (χ3n) is 3.96. The van der Waals surface area contributed by atoms with E-state index in [0.29, 0.717) is 11.6 Å². The summed E-state index contributed by atoms with van der Waals surface area (Å²) in [5, 5.41) is 5.29. The molecule has 1 N–H and O–H groups in total. The number of carbonyl (C=O) groups is 1. The lowest BCUT2D eigenvalue weighted by Crippen LogP contribution is -2.20. The van der Waals surface area contributed by atoms with Crippen LogP contribution in [0, 0.1) is 5.82 Å². The van der Waals surface area contributed by atoms with E-state index in [9.17, 15) is 9.18 Å². The molecule has 28 heavy (non-hydrogen) atoms. The van der Waals surface area contributed by atoms with Crippen molar-refractivity contribution in [3.05, 3.63) is 71.1 Å². The molecule has 0 saturated heterocycles. The van der Waals surface area contributed by atoms with E-state index in [2.05, 4.69) is 15.3 Å². The lowest BCUT2D eigenvalue weighted by molar-refractivity contribution is -0.118. The third kappa shape index (κ3) is 3.81. The van der Waals surface area contributed by atoms with Gasteiger partial charge in [-0.3, -0.25) is 4.79 Å². The third-order valence-corrected chi connectivity index (χ3v) is 5.14. The Labute approximate surface area is 168 Å². The topological polar surface area (TPSA) is 64.1 Å². The summed E-state index contributed by atoms with van der Waals surface area (Å²) in [7, 11) is 0. The van der Waals surface area contributed by atoms with Crippen LogP contribution in [0.25, 0.3) is 21.3 Å². The average molecular weight is 414 g/mol. The Balaban J connectivity index is 1.54. The van der Waals surface area contributed by atoms with E-state index < -0.39 is 11.7 Å². The first-order chi connectivity index (χ1) is 13.6. The number of halogens is 2. The van der Waals surface area contributed by atoms with Gasteiger partial charge in [0, 0.05) is 16.6 Å². The average Bonchev–Trinajstić information content (AvgIpc) is 3.15. The molecule has 0 unspecified atom stereocenters. The lowest BCUT2D eigenvalue weighted by atomic mass is 10.1. The summed E-state index contributed by atoms with van der Waals surface area (Å²) in [4.78, 5) is 21.4. The molecule has 8 heteroatoms. The number of thiophene rings is 1. The predicted molar refractivity (Wildman–Crippen MR) is 108 cm³/mol. The second-order valence-corrected chi connectivity index (χ2v) is 7.11. The molecule has 2 aromatic heterocycles. The van der Waals surface area contributed by atoms with Crippen molar-refractivity contribution in [2.75, 3.05) is 11.9 Å². The largest absolute Gasteiger partial charge is 0.467 e. The fourth-order valence-corrected chi connectivity index (χ4v) is 3.78. The second kappa shape index (κ2) is 7.92. The van der Waals surface area contributed by atoms with Gasteiger partial charge in [-0.15, -0.1) is 11.3 Å². The van der Waals surface area contributed by atoms with Crippen molar-refractivity contribution in [3.63, 3.8) is 0 Å². The molecule has 5 nitrogen and oxygen atoms in total. The van der Waals surface area contributed by atoms with Crippen molar-refractivity contribution >= 4 is 44.7 Å². The first-order valence-corrected chi connectivity index (χ1v) is 9.53. The highest BCUT2D eigenvalue weighted by Crippen LogP contribution is 2.37. The minimum absolute atomic E-state index is 0.0676. The van der Waals surface area contributed by atoms with Gasteiger partial charge < -0.3 is 10.1 Å². The van der Waals surface area contributed by atoms with E-state index in [1.165, 1.54) is 35.9 Å². The van der Waals surface area contributed by atoms with Crippen LogP contribution < -0.4 is 10.1 Å². The Morgan fingerprint density at radius 2 is 2.00 bits per heavy atom. The SMILES string of the molecule is O=C(COc1ncnc2scc(-c3ccccc3)c12)Nc1ccc(F)c(Cl)c1. The Morgan fingerprint density at radius 1 is 1.18 bits per heavy atom. The number of anilines is 1. The van der Waals surface area contributed by atoms with Gasteiger partial charge in [-0.25, -0.2) is 14.4 Å². The molecule has 0 aliphatic heterocycles. The number of carbonyl (C=O) groups excluding carboxylic acids is 1. The summed E-state index contributed by atoms with van der Waals surface area (Å²) in [5.41, 5.74) is 2.34. The van der Waals surface area contributed by atoms with E-state index in [0.717, 1.165) is 21.3 Å². The quantitative estimate of drug-likeness (QED) is 0.490. The molecular formula is C20H13ClFN3O2S. The monoisotopic (exact) mass is 413 g/mol. The van der Waals surface area contributed by atoms with Gasteiger partial charge in [-0.1, -0.05) is 41.9 Å². The number of ether oxygens (including phenoxy) is 1. The molecule has 0 bridgehead atoms. The molecule has 0 spiro atoms. The van der Waals surface area contributed by atoms with Crippen LogP contribution in [0.15, 0.2) is 60.2 Å². The van der Waals surface area contributed by atoms with Crippen LogP contribution in [0.5, 0.6) is 5.88 Å². The minimum atomic E-state index is -0.551. The molecule has 1 amide bonds. The normalized spacial score (nSPS) is 10.8. The molecule has 0 saturated carbocycles. The first-order valence-electron chi connectivity index (χ1n) is 8.27. The molecular weight excluding hydrogens is 401 g/mol. The molecule has 0 aliphatic rings. The maximum absolute atomic E-state index is 13.2. The fraction of sp³-hybridized carbons (Fsp3) is 0.0500. The van der Waals surface area contributed by atoms with Gasteiger partial charge in [0.25, 0.3) is 5.91 Å². The predicted octanol–water partition coefficient (Wildman–Crippen LogP) is 5.17. The first kappa shape index (κ1) is 18.3. The maximum atomic E-state index is 13.2. The highest BCUT2D eigenvalue weighted by molar-refractivity contribution is 7.17. The Hall–Kier alpha value is -3.03. The highest BCUT2D eigenvalue weighted by Gasteiger charge is 2.15. The van der Waals surface area contributed by atoms with E-state index in [4.69, 9.17) is 16.3 Å². The summed E-state index contributed by atoms with van der Waals surface area (Å²) in [5.74, 6) is -0.631. The van der Waals surface area contributed by atoms with Gasteiger partial charge >= 0.3 is 0 Å². The van der Waals surface area contributed by atoms with Gasteiger partial charge in [0.05, 0.1) is 10.4 Å². The molecule has 0 aliphatic carbocycles. The van der Waals surface area contributed by atoms with Gasteiger partial charge in [0.1, 0.15) is 17.0 Å². The number of hydrogen-bond acceptors (Lipinski definition) is 5. The van der Waals surface area contributed by atoms with Crippen LogP contribution in [-0.4, -0.2) is 22.5 Å². The van der Waals surface area contributed by atoms with Gasteiger partial charge in [0.15, 0.2) is 6.61 Å². The lowest BCUT2D eigenvalue weighted by Gasteiger charge is -2.09. The van der Waals surface area contributed by atoms with E-state index in [1.807, 2.05) is 35.7 Å².